The van der Waals surface area contributed by atoms with Gasteiger partial charge in [-0.05, 0) is 19.3 Å². The number of hydrogen-bond donors (Lipinski definition) is 3. The molecule has 0 saturated carbocycles. The number of carbonyl (C=O) groups excluding carboxylic acids is 1. The van der Waals surface area contributed by atoms with Crippen LogP contribution in [0.3, 0.4) is 0 Å². The maximum absolute atomic E-state index is 12.4. The third-order valence-corrected chi connectivity index (χ3v) is 12.5. The lowest BCUT2D eigenvalue weighted by molar-refractivity contribution is -0.123. The lowest BCUT2D eigenvalue weighted by Crippen LogP contribution is -2.45. The summed E-state index contributed by atoms with van der Waals surface area (Å²) < 4.78 is 0. The number of carbonyl (C=O) groups is 1. The van der Waals surface area contributed by atoms with Crippen molar-refractivity contribution in [1.82, 2.24) is 5.32 Å². The largest absolute Gasteiger partial charge is 0.394 e. The van der Waals surface area contributed by atoms with Crippen LogP contribution in [0.25, 0.3) is 0 Å². The number of hydrogen-bond acceptors (Lipinski definition) is 3. The van der Waals surface area contributed by atoms with E-state index in [0.717, 1.165) is 25.7 Å². The third kappa shape index (κ3) is 46.1. The lowest BCUT2D eigenvalue weighted by atomic mass is 10.0. The molecule has 0 bridgehead atoms. The predicted molar refractivity (Wildman–Crippen MR) is 253 cm³/mol. The van der Waals surface area contributed by atoms with Crippen molar-refractivity contribution in [2.75, 3.05) is 6.61 Å². The monoisotopic (exact) mass is 804 g/mol. The minimum absolute atomic E-state index is 0.0604. The summed E-state index contributed by atoms with van der Waals surface area (Å²) in [5, 5.41) is 22.9. The quantitative estimate of drug-likeness (QED) is 0.0424. The molecule has 3 N–H and O–H groups in total. The van der Waals surface area contributed by atoms with E-state index in [1.54, 1.807) is 6.08 Å². The number of unbranched alkanes of at least 4 members (excludes halogenated alkanes) is 42. The van der Waals surface area contributed by atoms with E-state index in [0.29, 0.717) is 6.42 Å². The number of amides is 1. The smallest absolute Gasteiger partial charge is 0.220 e. The molecule has 0 rings (SSSR count). The van der Waals surface area contributed by atoms with Crippen LogP contribution in [0.4, 0.5) is 0 Å². The Kier molecular flexibility index (Phi) is 48.7. The molecule has 0 aliphatic carbocycles. The van der Waals surface area contributed by atoms with Gasteiger partial charge in [0.1, 0.15) is 0 Å². The van der Waals surface area contributed by atoms with Crippen LogP contribution in [0.1, 0.15) is 303 Å². The lowest BCUT2D eigenvalue weighted by Gasteiger charge is -2.20. The minimum atomic E-state index is -0.832. The second kappa shape index (κ2) is 49.5. The summed E-state index contributed by atoms with van der Waals surface area (Å²) >= 11 is 0. The van der Waals surface area contributed by atoms with Gasteiger partial charge in [-0.15, -0.1) is 0 Å². The van der Waals surface area contributed by atoms with Crippen LogP contribution >= 0.6 is 0 Å². The molecule has 0 spiro atoms. The van der Waals surface area contributed by atoms with Gasteiger partial charge in [-0.1, -0.05) is 289 Å². The first-order valence-electron chi connectivity index (χ1n) is 26.4. The number of aliphatic hydroxyl groups is 2. The molecule has 0 aromatic heterocycles. The average molecular weight is 804 g/mol. The number of allylic oxidation sites excluding steroid dienone is 1. The van der Waals surface area contributed by atoms with Crippen molar-refractivity contribution in [2.45, 2.75) is 315 Å². The molecule has 0 heterocycles. The standard InChI is InChI=1S/C53H105NO3/c1-3-5-7-9-11-13-14-15-16-17-18-19-20-21-22-23-24-25-26-27-28-29-30-31-32-33-34-35-36-37-38-39-41-43-45-47-49-53(57)54-51(50-55)52(56)48-46-44-42-40-12-10-8-6-4-2/h46,48,51-52,55-56H,3-45,47,49-50H2,1-2H3,(H,54,57)/b48-46+/t51-,52+/m0/s1. The zero-order valence-electron chi connectivity index (χ0n) is 39.1. The molecule has 0 saturated heterocycles. The highest BCUT2D eigenvalue weighted by atomic mass is 16.3. The highest BCUT2D eigenvalue weighted by Crippen LogP contribution is 2.18. The normalized spacial score (nSPS) is 12.8. The van der Waals surface area contributed by atoms with Crippen molar-refractivity contribution in [3.8, 4) is 0 Å². The van der Waals surface area contributed by atoms with Gasteiger partial charge in [0, 0.05) is 6.42 Å². The molecule has 1 amide bonds. The van der Waals surface area contributed by atoms with Crippen molar-refractivity contribution in [3.63, 3.8) is 0 Å². The fraction of sp³-hybridized carbons (Fsp3) is 0.943. The Labute approximate surface area is 358 Å². The molecular weight excluding hydrogens is 699 g/mol. The maximum Gasteiger partial charge on any atom is 0.220 e. The molecule has 2 atom stereocenters. The molecule has 4 nitrogen and oxygen atoms in total. The Morgan fingerprint density at radius 3 is 0.912 bits per heavy atom. The van der Waals surface area contributed by atoms with Crippen molar-refractivity contribution in [1.29, 1.82) is 0 Å². The average Bonchev–Trinajstić information content (AvgIpc) is 3.22. The zero-order chi connectivity index (χ0) is 41.4. The fourth-order valence-electron chi connectivity index (χ4n) is 8.48. The summed E-state index contributed by atoms with van der Waals surface area (Å²) in [5.41, 5.74) is 0. The summed E-state index contributed by atoms with van der Waals surface area (Å²) in [6.07, 6.45) is 63.9. The molecule has 4 heteroatoms. The number of aliphatic hydroxyl groups excluding tert-OH is 2. The van der Waals surface area contributed by atoms with Gasteiger partial charge in [-0.2, -0.15) is 0 Å². The van der Waals surface area contributed by atoms with Crippen LogP contribution in [0.2, 0.25) is 0 Å². The summed E-state index contributed by atoms with van der Waals surface area (Å²) in [6.45, 7) is 4.30. The SMILES string of the molecule is CCCCCCCCC/C=C/[C@@H](O)[C@H](CO)NC(=O)CCCCCCCCCCCCCCCCCCCCCCCCCCCCCCCCCCCCCC. The molecule has 0 aliphatic rings. The van der Waals surface area contributed by atoms with Crippen LogP contribution in [-0.2, 0) is 4.79 Å². The van der Waals surface area contributed by atoms with E-state index in [1.165, 1.54) is 257 Å². The first-order valence-corrected chi connectivity index (χ1v) is 26.4. The highest BCUT2D eigenvalue weighted by Gasteiger charge is 2.18. The molecule has 0 fully saturated rings. The van der Waals surface area contributed by atoms with E-state index in [2.05, 4.69) is 19.2 Å². The van der Waals surface area contributed by atoms with E-state index in [4.69, 9.17) is 0 Å². The maximum atomic E-state index is 12.4. The summed E-state index contributed by atoms with van der Waals surface area (Å²) in [5.74, 6) is -0.0604. The molecule has 57 heavy (non-hydrogen) atoms. The fourth-order valence-corrected chi connectivity index (χ4v) is 8.48. The Hall–Kier alpha value is -0.870. The first-order chi connectivity index (χ1) is 28.2. The molecule has 0 radical (unpaired) electrons. The van der Waals surface area contributed by atoms with Gasteiger partial charge >= 0.3 is 0 Å². The van der Waals surface area contributed by atoms with E-state index in [1.807, 2.05) is 6.08 Å². The summed E-state index contributed by atoms with van der Waals surface area (Å²) in [7, 11) is 0. The van der Waals surface area contributed by atoms with Crippen molar-refractivity contribution < 1.29 is 15.0 Å². The van der Waals surface area contributed by atoms with Crippen molar-refractivity contribution in [2.24, 2.45) is 0 Å². The number of nitrogens with one attached hydrogen (secondary N) is 1. The third-order valence-electron chi connectivity index (χ3n) is 12.5. The van der Waals surface area contributed by atoms with E-state index in [9.17, 15) is 15.0 Å². The van der Waals surface area contributed by atoms with Crippen molar-refractivity contribution >= 4 is 5.91 Å². The van der Waals surface area contributed by atoms with Crippen LogP contribution < -0.4 is 5.32 Å². The Bertz CT molecular complexity index is 784. The second-order valence-electron chi connectivity index (χ2n) is 18.3. The van der Waals surface area contributed by atoms with Crippen LogP contribution in [0.15, 0.2) is 12.2 Å². The molecule has 0 aromatic carbocycles. The van der Waals surface area contributed by atoms with E-state index < -0.39 is 12.1 Å². The van der Waals surface area contributed by atoms with E-state index in [-0.39, 0.29) is 12.5 Å². The highest BCUT2D eigenvalue weighted by molar-refractivity contribution is 5.76. The van der Waals surface area contributed by atoms with Crippen LogP contribution in [-0.4, -0.2) is 34.9 Å². The molecule has 0 unspecified atom stereocenters. The molecule has 340 valence electrons. The predicted octanol–water partition coefficient (Wildman–Crippen LogP) is 17.0. The van der Waals surface area contributed by atoms with Crippen molar-refractivity contribution in [3.05, 3.63) is 12.2 Å². The Balaban J connectivity index is 3.31. The first kappa shape index (κ1) is 56.1. The molecule has 0 aliphatic heterocycles. The summed E-state index contributed by atoms with van der Waals surface area (Å²) in [6, 6.07) is -0.615. The Morgan fingerprint density at radius 2 is 0.649 bits per heavy atom. The van der Waals surface area contributed by atoms with Crippen LogP contribution in [0, 0.1) is 0 Å². The van der Waals surface area contributed by atoms with Gasteiger partial charge in [-0.3, -0.25) is 4.79 Å². The van der Waals surface area contributed by atoms with Crippen LogP contribution in [0.5, 0.6) is 0 Å². The topological polar surface area (TPSA) is 69.6 Å². The number of rotatable bonds is 49. The van der Waals surface area contributed by atoms with Gasteiger partial charge in [0.05, 0.1) is 18.8 Å². The van der Waals surface area contributed by atoms with Gasteiger partial charge in [0.2, 0.25) is 5.91 Å². The Morgan fingerprint density at radius 1 is 0.404 bits per heavy atom. The van der Waals surface area contributed by atoms with Gasteiger partial charge in [-0.25, -0.2) is 0 Å². The van der Waals surface area contributed by atoms with Gasteiger partial charge in [0.25, 0.3) is 0 Å². The van der Waals surface area contributed by atoms with E-state index >= 15 is 0 Å². The molecular formula is C53H105NO3. The van der Waals surface area contributed by atoms with Gasteiger partial charge in [0.15, 0.2) is 0 Å². The summed E-state index contributed by atoms with van der Waals surface area (Å²) in [4.78, 5) is 12.4. The van der Waals surface area contributed by atoms with Gasteiger partial charge < -0.3 is 15.5 Å². The second-order valence-corrected chi connectivity index (χ2v) is 18.3. The minimum Gasteiger partial charge on any atom is -0.394 e. The molecule has 0 aromatic rings. The zero-order valence-corrected chi connectivity index (χ0v) is 39.1.